The monoisotopic (exact) mass is 242 g/mol. The van der Waals surface area contributed by atoms with Crippen LogP contribution >= 0.6 is 0 Å². The molecule has 1 aromatic rings. The molecule has 2 N–H and O–H groups in total. The number of nitrogens with two attached hydrogens (primary N) is 1. The van der Waals surface area contributed by atoms with Gasteiger partial charge in [0.1, 0.15) is 5.84 Å². The SMILES string of the molecule is NC(=Nc1cccc2c1CCCC2)C1CCCC1. The van der Waals surface area contributed by atoms with Gasteiger partial charge in [-0.05, 0) is 55.7 Å². The third kappa shape index (κ3) is 2.29. The number of hydrogen-bond acceptors (Lipinski definition) is 1. The summed E-state index contributed by atoms with van der Waals surface area (Å²) in [5, 5.41) is 0. The van der Waals surface area contributed by atoms with Crippen LogP contribution in [0.15, 0.2) is 23.2 Å². The van der Waals surface area contributed by atoms with E-state index in [2.05, 4.69) is 18.2 Å². The first-order valence-electron chi connectivity index (χ1n) is 7.29. The molecule has 0 amide bonds. The van der Waals surface area contributed by atoms with E-state index in [0.717, 1.165) is 11.5 Å². The van der Waals surface area contributed by atoms with Crippen molar-refractivity contribution in [3.63, 3.8) is 0 Å². The third-order valence-electron chi connectivity index (χ3n) is 4.39. The van der Waals surface area contributed by atoms with Crippen LogP contribution in [-0.4, -0.2) is 5.84 Å². The lowest BCUT2D eigenvalue weighted by Gasteiger charge is -2.18. The Balaban J connectivity index is 1.89. The van der Waals surface area contributed by atoms with E-state index >= 15 is 0 Å². The summed E-state index contributed by atoms with van der Waals surface area (Å²) in [5.74, 6) is 1.40. The minimum Gasteiger partial charge on any atom is -0.387 e. The number of hydrogen-bond donors (Lipinski definition) is 1. The summed E-state index contributed by atoms with van der Waals surface area (Å²) in [7, 11) is 0. The second kappa shape index (κ2) is 5.13. The molecule has 96 valence electrons. The van der Waals surface area contributed by atoms with Gasteiger partial charge in [0, 0.05) is 5.92 Å². The van der Waals surface area contributed by atoms with E-state index < -0.39 is 0 Å². The first-order chi connectivity index (χ1) is 8.84. The molecule has 0 aromatic heterocycles. The number of aryl methyl sites for hydroxylation is 1. The van der Waals surface area contributed by atoms with E-state index in [1.807, 2.05) is 0 Å². The lowest BCUT2D eigenvalue weighted by Crippen LogP contribution is -2.21. The van der Waals surface area contributed by atoms with Gasteiger partial charge >= 0.3 is 0 Å². The van der Waals surface area contributed by atoms with Gasteiger partial charge in [0.05, 0.1) is 5.69 Å². The number of rotatable bonds is 2. The van der Waals surface area contributed by atoms with Crippen molar-refractivity contribution in [2.45, 2.75) is 51.4 Å². The zero-order chi connectivity index (χ0) is 12.4. The predicted molar refractivity (Wildman–Crippen MR) is 76.3 cm³/mol. The molecule has 1 saturated carbocycles. The molecule has 0 unspecified atom stereocenters. The minimum atomic E-state index is 0.532. The van der Waals surface area contributed by atoms with Crippen molar-refractivity contribution in [1.29, 1.82) is 0 Å². The quantitative estimate of drug-likeness (QED) is 0.622. The van der Waals surface area contributed by atoms with Gasteiger partial charge in [-0.3, -0.25) is 0 Å². The van der Waals surface area contributed by atoms with Gasteiger partial charge in [0.25, 0.3) is 0 Å². The summed E-state index contributed by atoms with van der Waals surface area (Å²) in [6.45, 7) is 0. The zero-order valence-corrected chi connectivity index (χ0v) is 11.0. The molecule has 2 nitrogen and oxygen atoms in total. The van der Waals surface area contributed by atoms with Crippen LogP contribution in [-0.2, 0) is 12.8 Å². The second-order valence-corrected chi connectivity index (χ2v) is 5.64. The molecule has 2 aliphatic carbocycles. The largest absolute Gasteiger partial charge is 0.387 e. The summed E-state index contributed by atoms with van der Waals surface area (Å²) in [6.07, 6.45) is 10.1. The van der Waals surface area contributed by atoms with Gasteiger partial charge in [-0.1, -0.05) is 25.0 Å². The van der Waals surface area contributed by atoms with Gasteiger partial charge in [-0.15, -0.1) is 0 Å². The number of fused-ring (bicyclic) bond motifs is 1. The smallest absolute Gasteiger partial charge is 0.103 e. The van der Waals surface area contributed by atoms with Gasteiger partial charge in [-0.25, -0.2) is 4.99 Å². The standard InChI is InChI=1S/C16H22N2/c17-16(13-7-1-2-8-13)18-15-11-5-9-12-6-3-4-10-14(12)15/h5,9,11,13H,1-4,6-8,10H2,(H2,17,18). The van der Waals surface area contributed by atoms with E-state index in [1.165, 1.54) is 62.5 Å². The van der Waals surface area contributed by atoms with Crippen LogP contribution in [0.1, 0.15) is 49.7 Å². The Morgan fingerprint density at radius 3 is 2.67 bits per heavy atom. The first-order valence-corrected chi connectivity index (χ1v) is 7.29. The molecule has 2 aliphatic rings. The van der Waals surface area contributed by atoms with Gasteiger partial charge in [-0.2, -0.15) is 0 Å². The molecule has 3 rings (SSSR count). The fourth-order valence-electron chi connectivity index (χ4n) is 3.32. The van der Waals surface area contributed by atoms with E-state index in [-0.39, 0.29) is 0 Å². The normalized spacial score (nSPS) is 21.0. The molecule has 0 spiro atoms. The number of benzene rings is 1. The summed E-state index contributed by atoms with van der Waals surface area (Å²) in [5.41, 5.74) is 10.3. The summed E-state index contributed by atoms with van der Waals surface area (Å²) in [6, 6.07) is 6.51. The molecule has 0 saturated heterocycles. The van der Waals surface area contributed by atoms with Crippen molar-refractivity contribution < 1.29 is 0 Å². The summed E-state index contributed by atoms with van der Waals surface area (Å²) in [4.78, 5) is 4.75. The Labute approximate surface area is 109 Å². The highest BCUT2D eigenvalue weighted by molar-refractivity contribution is 5.86. The molecule has 0 bridgehead atoms. The molecule has 1 fully saturated rings. The highest BCUT2D eigenvalue weighted by Gasteiger charge is 2.19. The highest BCUT2D eigenvalue weighted by atomic mass is 14.9. The maximum absolute atomic E-state index is 6.19. The number of aliphatic imine (C=N–C) groups is 1. The minimum absolute atomic E-state index is 0.532. The Morgan fingerprint density at radius 1 is 1.06 bits per heavy atom. The average Bonchev–Trinajstić information content (AvgIpc) is 2.93. The van der Waals surface area contributed by atoms with Gasteiger partial charge < -0.3 is 5.73 Å². The van der Waals surface area contributed by atoms with Crippen molar-refractivity contribution >= 4 is 11.5 Å². The van der Waals surface area contributed by atoms with Crippen LogP contribution in [0.3, 0.4) is 0 Å². The molecule has 0 atom stereocenters. The molecule has 0 heterocycles. The van der Waals surface area contributed by atoms with E-state index in [0.29, 0.717) is 5.92 Å². The second-order valence-electron chi connectivity index (χ2n) is 5.64. The molecule has 2 heteroatoms. The Kier molecular flexibility index (Phi) is 3.35. The molecule has 18 heavy (non-hydrogen) atoms. The fraction of sp³-hybridized carbons (Fsp3) is 0.562. The number of amidine groups is 1. The highest BCUT2D eigenvalue weighted by Crippen LogP contribution is 2.31. The van der Waals surface area contributed by atoms with Crippen LogP contribution in [0.4, 0.5) is 5.69 Å². The third-order valence-corrected chi connectivity index (χ3v) is 4.39. The fourth-order valence-corrected chi connectivity index (χ4v) is 3.32. The van der Waals surface area contributed by atoms with Crippen LogP contribution < -0.4 is 5.73 Å². The number of nitrogens with zero attached hydrogens (tertiary/aromatic N) is 1. The molecular formula is C16H22N2. The van der Waals surface area contributed by atoms with Crippen LogP contribution in [0.5, 0.6) is 0 Å². The first kappa shape index (κ1) is 11.8. The van der Waals surface area contributed by atoms with Crippen molar-refractivity contribution in [1.82, 2.24) is 0 Å². The zero-order valence-electron chi connectivity index (χ0n) is 11.0. The molecule has 0 aliphatic heterocycles. The predicted octanol–water partition coefficient (Wildman–Crippen LogP) is 3.74. The molecular weight excluding hydrogens is 220 g/mol. The molecule has 1 aromatic carbocycles. The van der Waals surface area contributed by atoms with Gasteiger partial charge in [0.15, 0.2) is 0 Å². The van der Waals surface area contributed by atoms with E-state index in [1.54, 1.807) is 0 Å². The van der Waals surface area contributed by atoms with Gasteiger partial charge in [0.2, 0.25) is 0 Å². The topological polar surface area (TPSA) is 38.4 Å². The summed E-state index contributed by atoms with van der Waals surface area (Å²) < 4.78 is 0. The van der Waals surface area contributed by atoms with E-state index in [4.69, 9.17) is 10.7 Å². The maximum Gasteiger partial charge on any atom is 0.103 e. The van der Waals surface area contributed by atoms with Crippen LogP contribution in [0.2, 0.25) is 0 Å². The van der Waals surface area contributed by atoms with Crippen LogP contribution in [0.25, 0.3) is 0 Å². The Morgan fingerprint density at radius 2 is 1.83 bits per heavy atom. The molecule has 0 radical (unpaired) electrons. The van der Waals surface area contributed by atoms with Crippen LogP contribution in [0, 0.1) is 5.92 Å². The average molecular weight is 242 g/mol. The Hall–Kier alpha value is -1.31. The van der Waals surface area contributed by atoms with Crippen molar-refractivity contribution in [2.75, 3.05) is 0 Å². The Bertz CT molecular complexity index is 456. The summed E-state index contributed by atoms with van der Waals surface area (Å²) >= 11 is 0. The van der Waals surface area contributed by atoms with Crippen molar-refractivity contribution in [3.8, 4) is 0 Å². The van der Waals surface area contributed by atoms with Crippen molar-refractivity contribution in [3.05, 3.63) is 29.3 Å². The maximum atomic E-state index is 6.19. The van der Waals surface area contributed by atoms with Crippen molar-refractivity contribution in [2.24, 2.45) is 16.6 Å². The van der Waals surface area contributed by atoms with E-state index in [9.17, 15) is 0 Å². The lowest BCUT2D eigenvalue weighted by atomic mass is 9.90. The lowest BCUT2D eigenvalue weighted by molar-refractivity contribution is 0.685.